The average molecular weight is 167 g/mol. The number of halogens is 1. The summed E-state index contributed by atoms with van der Waals surface area (Å²) in [6.07, 6.45) is 4.78. The molecule has 64 valence electrons. The number of rotatable bonds is 1. The van der Waals surface area contributed by atoms with Gasteiger partial charge in [-0.1, -0.05) is 0 Å². The monoisotopic (exact) mass is 167 g/mol. The van der Waals surface area contributed by atoms with Gasteiger partial charge in [-0.25, -0.2) is 14.4 Å². The molecule has 1 aromatic rings. The molecule has 0 atom stereocenters. The van der Waals surface area contributed by atoms with Crippen molar-refractivity contribution in [2.75, 3.05) is 18.0 Å². The summed E-state index contributed by atoms with van der Waals surface area (Å²) in [5.74, 6) is 0.270. The van der Waals surface area contributed by atoms with Gasteiger partial charge in [0.05, 0.1) is 12.4 Å². The highest BCUT2D eigenvalue weighted by Gasteiger charge is 2.13. The van der Waals surface area contributed by atoms with Gasteiger partial charge in [0, 0.05) is 13.1 Å². The van der Waals surface area contributed by atoms with Gasteiger partial charge in [-0.3, -0.25) is 0 Å². The van der Waals surface area contributed by atoms with E-state index < -0.39 is 0 Å². The molecule has 0 amide bonds. The lowest BCUT2D eigenvalue weighted by Gasteiger charge is -2.13. The van der Waals surface area contributed by atoms with Crippen LogP contribution in [0.2, 0.25) is 0 Å². The molecule has 0 spiro atoms. The van der Waals surface area contributed by atoms with Crippen LogP contribution in [0.25, 0.3) is 0 Å². The van der Waals surface area contributed by atoms with Crippen LogP contribution in [0.1, 0.15) is 12.8 Å². The molecule has 0 N–H and O–H groups in total. The molecule has 0 bridgehead atoms. The molecule has 2 heterocycles. The van der Waals surface area contributed by atoms with E-state index in [0.717, 1.165) is 13.1 Å². The molecule has 0 radical (unpaired) electrons. The lowest BCUT2D eigenvalue weighted by molar-refractivity contribution is 0.612. The summed E-state index contributed by atoms with van der Waals surface area (Å²) >= 11 is 0. The number of anilines is 1. The van der Waals surface area contributed by atoms with Gasteiger partial charge in [-0.15, -0.1) is 0 Å². The number of hydrogen-bond acceptors (Lipinski definition) is 3. The van der Waals surface area contributed by atoms with Gasteiger partial charge in [0.25, 0.3) is 0 Å². The van der Waals surface area contributed by atoms with E-state index in [2.05, 4.69) is 14.9 Å². The van der Waals surface area contributed by atoms with E-state index in [4.69, 9.17) is 0 Å². The summed E-state index contributed by atoms with van der Waals surface area (Å²) in [6.45, 7) is 1.98. The van der Waals surface area contributed by atoms with E-state index in [1.54, 1.807) is 0 Å². The third-order valence-electron chi connectivity index (χ3n) is 2.00. The molecule has 3 nitrogen and oxygen atoms in total. The van der Waals surface area contributed by atoms with Gasteiger partial charge in [0.1, 0.15) is 0 Å². The first-order valence-electron chi connectivity index (χ1n) is 4.09. The van der Waals surface area contributed by atoms with Crippen molar-refractivity contribution in [3.63, 3.8) is 0 Å². The Morgan fingerprint density at radius 1 is 1.17 bits per heavy atom. The smallest absolute Gasteiger partial charge is 0.225 e. The van der Waals surface area contributed by atoms with Crippen LogP contribution < -0.4 is 4.90 Å². The van der Waals surface area contributed by atoms with Gasteiger partial charge in [-0.05, 0) is 12.8 Å². The second-order valence-electron chi connectivity index (χ2n) is 2.90. The van der Waals surface area contributed by atoms with Gasteiger partial charge < -0.3 is 4.90 Å². The van der Waals surface area contributed by atoms with E-state index >= 15 is 0 Å². The first-order chi connectivity index (χ1) is 5.86. The Hall–Kier alpha value is -1.19. The minimum absolute atomic E-state index is 0.377. The third kappa shape index (κ3) is 1.37. The molecule has 2 rings (SSSR count). The molecule has 0 saturated carbocycles. The van der Waals surface area contributed by atoms with E-state index in [9.17, 15) is 4.39 Å². The molecule has 1 saturated heterocycles. The third-order valence-corrected chi connectivity index (χ3v) is 2.00. The Balaban J connectivity index is 2.17. The molecule has 0 aliphatic carbocycles. The summed E-state index contributed by atoms with van der Waals surface area (Å²) < 4.78 is 12.4. The zero-order valence-corrected chi connectivity index (χ0v) is 6.70. The van der Waals surface area contributed by atoms with Crippen molar-refractivity contribution in [2.24, 2.45) is 0 Å². The second kappa shape index (κ2) is 3.05. The molecule has 4 heteroatoms. The van der Waals surface area contributed by atoms with Crippen LogP contribution in [0.5, 0.6) is 0 Å². The number of aromatic nitrogens is 2. The van der Waals surface area contributed by atoms with Crippen molar-refractivity contribution in [3.05, 3.63) is 18.2 Å². The fourth-order valence-corrected chi connectivity index (χ4v) is 1.39. The minimum Gasteiger partial charge on any atom is -0.341 e. The Bertz CT molecular complexity index is 254. The first kappa shape index (κ1) is 7.46. The SMILES string of the molecule is Fc1cnc(N2CCCC2)nc1. The predicted octanol–water partition coefficient (Wildman–Crippen LogP) is 1.22. The van der Waals surface area contributed by atoms with Crippen LogP contribution in [0, 0.1) is 5.82 Å². The van der Waals surface area contributed by atoms with Gasteiger partial charge >= 0.3 is 0 Å². The maximum absolute atomic E-state index is 12.4. The largest absolute Gasteiger partial charge is 0.341 e. The predicted molar refractivity (Wildman–Crippen MR) is 43.4 cm³/mol. The number of hydrogen-bond donors (Lipinski definition) is 0. The Kier molecular flexibility index (Phi) is 1.89. The molecule has 1 fully saturated rings. The standard InChI is InChI=1S/C8H10FN3/c9-7-5-10-8(11-6-7)12-3-1-2-4-12/h5-6H,1-4H2. The lowest BCUT2D eigenvalue weighted by Crippen LogP contribution is -2.20. The molecule has 1 aliphatic rings. The minimum atomic E-state index is -0.377. The second-order valence-corrected chi connectivity index (χ2v) is 2.90. The van der Waals surface area contributed by atoms with Crippen molar-refractivity contribution in [3.8, 4) is 0 Å². The highest BCUT2D eigenvalue weighted by Crippen LogP contribution is 2.14. The van der Waals surface area contributed by atoms with Crippen LogP contribution >= 0.6 is 0 Å². The maximum atomic E-state index is 12.4. The summed E-state index contributed by atoms with van der Waals surface area (Å²) in [7, 11) is 0. The van der Waals surface area contributed by atoms with Crippen LogP contribution in [0.15, 0.2) is 12.4 Å². The normalized spacial score (nSPS) is 16.9. The topological polar surface area (TPSA) is 29.0 Å². The maximum Gasteiger partial charge on any atom is 0.225 e. The lowest BCUT2D eigenvalue weighted by atomic mass is 10.4. The zero-order valence-electron chi connectivity index (χ0n) is 6.70. The van der Waals surface area contributed by atoms with Crippen molar-refractivity contribution in [1.29, 1.82) is 0 Å². The Morgan fingerprint density at radius 3 is 2.33 bits per heavy atom. The van der Waals surface area contributed by atoms with Crippen LogP contribution in [-0.4, -0.2) is 23.1 Å². The van der Waals surface area contributed by atoms with Gasteiger partial charge in [-0.2, -0.15) is 0 Å². The highest BCUT2D eigenvalue weighted by molar-refractivity contribution is 5.29. The fraction of sp³-hybridized carbons (Fsp3) is 0.500. The van der Waals surface area contributed by atoms with Crippen LogP contribution in [-0.2, 0) is 0 Å². The average Bonchev–Trinajstić information content (AvgIpc) is 2.58. The van der Waals surface area contributed by atoms with E-state index in [1.807, 2.05) is 0 Å². The molecular formula is C8H10FN3. The quantitative estimate of drug-likeness (QED) is 0.629. The molecule has 1 aromatic heterocycles. The summed E-state index contributed by atoms with van der Waals surface area (Å²) in [4.78, 5) is 9.87. The zero-order chi connectivity index (χ0) is 8.39. The Labute approximate surface area is 70.3 Å². The Morgan fingerprint density at radius 2 is 1.75 bits per heavy atom. The van der Waals surface area contributed by atoms with E-state index in [-0.39, 0.29) is 5.82 Å². The molecule has 0 aromatic carbocycles. The van der Waals surface area contributed by atoms with Crippen molar-refractivity contribution in [2.45, 2.75) is 12.8 Å². The van der Waals surface area contributed by atoms with Crippen LogP contribution in [0.3, 0.4) is 0 Å². The molecule has 0 unspecified atom stereocenters. The van der Waals surface area contributed by atoms with Crippen molar-refractivity contribution in [1.82, 2.24) is 9.97 Å². The molecule has 12 heavy (non-hydrogen) atoms. The summed E-state index contributed by atoms with van der Waals surface area (Å²) in [5, 5.41) is 0. The fourth-order valence-electron chi connectivity index (χ4n) is 1.39. The number of nitrogens with zero attached hydrogens (tertiary/aromatic N) is 3. The first-order valence-corrected chi connectivity index (χ1v) is 4.09. The van der Waals surface area contributed by atoms with E-state index in [0.29, 0.717) is 5.95 Å². The molecular weight excluding hydrogens is 157 g/mol. The van der Waals surface area contributed by atoms with Crippen molar-refractivity contribution >= 4 is 5.95 Å². The molecule has 1 aliphatic heterocycles. The van der Waals surface area contributed by atoms with Crippen LogP contribution in [0.4, 0.5) is 10.3 Å². The van der Waals surface area contributed by atoms with Gasteiger partial charge in [0.15, 0.2) is 5.82 Å². The summed E-state index contributed by atoms with van der Waals surface area (Å²) in [5.41, 5.74) is 0. The summed E-state index contributed by atoms with van der Waals surface area (Å²) in [6, 6.07) is 0. The van der Waals surface area contributed by atoms with Gasteiger partial charge in [0.2, 0.25) is 5.95 Å². The van der Waals surface area contributed by atoms with Crippen molar-refractivity contribution < 1.29 is 4.39 Å². The van der Waals surface area contributed by atoms with E-state index in [1.165, 1.54) is 25.2 Å². The highest BCUT2D eigenvalue weighted by atomic mass is 19.1.